The van der Waals surface area contributed by atoms with Gasteiger partial charge in [-0.3, -0.25) is 0 Å². The lowest BCUT2D eigenvalue weighted by Gasteiger charge is -2.34. The maximum Gasteiger partial charge on any atom is 0.00915 e. The van der Waals surface area contributed by atoms with Crippen LogP contribution in [0.15, 0.2) is 0 Å². The van der Waals surface area contributed by atoms with E-state index in [-0.39, 0.29) is 0 Å². The van der Waals surface area contributed by atoms with Gasteiger partial charge in [0, 0.05) is 12.6 Å². The number of likely N-dealkylation sites (tertiary alicyclic amines) is 1. The highest BCUT2D eigenvalue weighted by Gasteiger charge is 2.23. The summed E-state index contributed by atoms with van der Waals surface area (Å²) in [6, 6.07) is 0.464. The Kier molecular flexibility index (Phi) is 3.34. The lowest BCUT2D eigenvalue weighted by Crippen LogP contribution is -2.45. The summed E-state index contributed by atoms with van der Waals surface area (Å²) < 4.78 is 0. The highest BCUT2D eigenvalue weighted by Crippen LogP contribution is 2.18. The molecule has 1 rings (SSSR count). The minimum atomic E-state index is 0.464. The zero-order valence-corrected chi connectivity index (χ0v) is 7.71. The summed E-state index contributed by atoms with van der Waals surface area (Å²) in [6.45, 7) is 4.62. The van der Waals surface area contributed by atoms with Gasteiger partial charge in [-0.05, 0) is 32.4 Å². The molecule has 0 aliphatic carbocycles. The fourth-order valence-electron chi connectivity index (χ4n) is 1.91. The molecule has 0 aromatic heterocycles. The van der Waals surface area contributed by atoms with Gasteiger partial charge in [-0.2, -0.15) is 0 Å². The van der Waals surface area contributed by atoms with Gasteiger partial charge in [-0.1, -0.05) is 13.3 Å². The van der Waals surface area contributed by atoms with Crippen LogP contribution in [0, 0.1) is 5.92 Å². The van der Waals surface area contributed by atoms with Crippen molar-refractivity contribution in [3.05, 3.63) is 0 Å². The number of hydrogen-bond donors (Lipinski definition) is 1. The molecule has 2 heteroatoms. The Morgan fingerprint density at radius 3 is 2.91 bits per heavy atom. The standard InChI is InChI=1S/C9H20N2/c1-3-4-8-7-11(2)6-5-9(8)10/h8-9H,3-7,10H2,1-2H3/t8-,9-/m1/s1. The third-order valence-electron chi connectivity index (χ3n) is 2.66. The van der Waals surface area contributed by atoms with Crippen molar-refractivity contribution in [3.63, 3.8) is 0 Å². The first kappa shape index (κ1) is 9.01. The lowest BCUT2D eigenvalue weighted by molar-refractivity contribution is 0.177. The highest BCUT2D eigenvalue weighted by atomic mass is 15.1. The van der Waals surface area contributed by atoms with Crippen LogP contribution < -0.4 is 5.73 Å². The molecule has 2 N–H and O–H groups in total. The van der Waals surface area contributed by atoms with E-state index in [1.165, 1.54) is 32.4 Å². The Morgan fingerprint density at radius 1 is 1.55 bits per heavy atom. The Bertz CT molecular complexity index is 114. The van der Waals surface area contributed by atoms with E-state index in [1.807, 2.05) is 0 Å². The van der Waals surface area contributed by atoms with Crippen LogP contribution in [0.3, 0.4) is 0 Å². The fraction of sp³-hybridized carbons (Fsp3) is 1.00. The molecule has 1 aliphatic rings. The zero-order valence-electron chi connectivity index (χ0n) is 7.71. The molecule has 2 nitrogen and oxygen atoms in total. The Hall–Kier alpha value is -0.0800. The summed E-state index contributed by atoms with van der Waals surface area (Å²) in [6.07, 6.45) is 3.75. The molecule has 0 aromatic rings. The van der Waals surface area contributed by atoms with Crippen LogP contribution in [0.4, 0.5) is 0 Å². The van der Waals surface area contributed by atoms with Crippen LogP contribution in [-0.4, -0.2) is 31.1 Å². The molecule has 0 radical (unpaired) electrons. The summed E-state index contributed by atoms with van der Waals surface area (Å²) in [5.41, 5.74) is 6.00. The molecule has 1 aliphatic heterocycles. The first-order chi connectivity index (χ1) is 5.24. The average Bonchev–Trinajstić information content (AvgIpc) is 1.98. The van der Waals surface area contributed by atoms with E-state index in [9.17, 15) is 0 Å². The van der Waals surface area contributed by atoms with Gasteiger partial charge < -0.3 is 10.6 Å². The number of nitrogens with zero attached hydrogens (tertiary/aromatic N) is 1. The molecule has 2 atom stereocenters. The van der Waals surface area contributed by atoms with E-state index in [2.05, 4.69) is 18.9 Å². The van der Waals surface area contributed by atoms with Crippen molar-refractivity contribution in [2.75, 3.05) is 20.1 Å². The van der Waals surface area contributed by atoms with Gasteiger partial charge in [-0.15, -0.1) is 0 Å². The molecule has 1 saturated heterocycles. The molecular weight excluding hydrogens is 136 g/mol. The Labute approximate surface area is 69.8 Å². The molecule has 0 amide bonds. The quantitative estimate of drug-likeness (QED) is 0.648. The van der Waals surface area contributed by atoms with E-state index in [0.717, 1.165) is 5.92 Å². The maximum absolute atomic E-state index is 6.00. The maximum atomic E-state index is 6.00. The first-order valence-corrected chi connectivity index (χ1v) is 4.68. The second-order valence-electron chi connectivity index (χ2n) is 3.76. The monoisotopic (exact) mass is 156 g/mol. The largest absolute Gasteiger partial charge is 0.327 e. The normalized spacial score (nSPS) is 34.1. The van der Waals surface area contributed by atoms with Crippen molar-refractivity contribution < 1.29 is 0 Å². The predicted molar refractivity (Wildman–Crippen MR) is 48.5 cm³/mol. The van der Waals surface area contributed by atoms with Crippen LogP contribution in [-0.2, 0) is 0 Å². The van der Waals surface area contributed by atoms with Crippen LogP contribution in [0.1, 0.15) is 26.2 Å². The van der Waals surface area contributed by atoms with Gasteiger partial charge >= 0.3 is 0 Å². The zero-order chi connectivity index (χ0) is 8.27. The molecule has 1 heterocycles. The van der Waals surface area contributed by atoms with Crippen molar-refractivity contribution in [1.82, 2.24) is 4.90 Å². The number of hydrogen-bond acceptors (Lipinski definition) is 2. The molecule has 11 heavy (non-hydrogen) atoms. The summed E-state index contributed by atoms with van der Waals surface area (Å²) in [7, 11) is 2.19. The Balaban J connectivity index is 2.34. The molecule has 0 spiro atoms. The SMILES string of the molecule is CCC[C@@H]1CN(C)CC[C@H]1N. The van der Waals surface area contributed by atoms with Gasteiger partial charge in [0.1, 0.15) is 0 Å². The van der Waals surface area contributed by atoms with Crippen molar-refractivity contribution in [3.8, 4) is 0 Å². The second kappa shape index (κ2) is 4.07. The van der Waals surface area contributed by atoms with Gasteiger partial charge in [0.2, 0.25) is 0 Å². The molecular formula is C9H20N2. The molecule has 0 saturated carbocycles. The van der Waals surface area contributed by atoms with E-state index in [1.54, 1.807) is 0 Å². The van der Waals surface area contributed by atoms with Crippen molar-refractivity contribution in [1.29, 1.82) is 0 Å². The molecule has 0 bridgehead atoms. The van der Waals surface area contributed by atoms with E-state index >= 15 is 0 Å². The smallest absolute Gasteiger partial charge is 0.00915 e. The molecule has 1 fully saturated rings. The van der Waals surface area contributed by atoms with Gasteiger partial charge in [-0.25, -0.2) is 0 Å². The molecule has 66 valence electrons. The van der Waals surface area contributed by atoms with E-state index in [0.29, 0.717) is 6.04 Å². The average molecular weight is 156 g/mol. The Morgan fingerprint density at radius 2 is 2.27 bits per heavy atom. The highest BCUT2D eigenvalue weighted by molar-refractivity contribution is 4.80. The van der Waals surface area contributed by atoms with Crippen LogP contribution >= 0.6 is 0 Å². The third-order valence-corrected chi connectivity index (χ3v) is 2.66. The topological polar surface area (TPSA) is 29.3 Å². The van der Waals surface area contributed by atoms with Gasteiger partial charge in [0.05, 0.1) is 0 Å². The predicted octanol–water partition coefficient (Wildman–Crippen LogP) is 1.07. The molecule has 0 aromatic carbocycles. The van der Waals surface area contributed by atoms with E-state index in [4.69, 9.17) is 5.73 Å². The summed E-state index contributed by atoms with van der Waals surface area (Å²) >= 11 is 0. The van der Waals surface area contributed by atoms with Gasteiger partial charge in [0.15, 0.2) is 0 Å². The number of piperidine rings is 1. The number of rotatable bonds is 2. The lowest BCUT2D eigenvalue weighted by atomic mass is 9.89. The van der Waals surface area contributed by atoms with Crippen molar-refractivity contribution in [2.24, 2.45) is 11.7 Å². The summed E-state index contributed by atoms with van der Waals surface area (Å²) in [4.78, 5) is 2.39. The fourth-order valence-corrected chi connectivity index (χ4v) is 1.91. The summed E-state index contributed by atoms with van der Waals surface area (Å²) in [5.74, 6) is 0.749. The first-order valence-electron chi connectivity index (χ1n) is 4.68. The number of nitrogens with two attached hydrogens (primary N) is 1. The summed E-state index contributed by atoms with van der Waals surface area (Å²) in [5, 5.41) is 0. The minimum Gasteiger partial charge on any atom is -0.327 e. The van der Waals surface area contributed by atoms with Crippen molar-refractivity contribution >= 4 is 0 Å². The minimum absolute atomic E-state index is 0.464. The van der Waals surface area contributed by atoms with Gasteiger partial charge in [0.25, 0.3) is 0 Å². The van der Waals surface area contributed by atoms with Crippen molar-refractivity contribution in [2.45, 2.75) is 32.2 Å². The molecule has 0 unspecified atom stereocenters. The second-order valence-corrected chi connectivity index (χ2v) is 3.76. The van der Waals surface area contributed by atoms with Crippen LogP contribution in [0.2, 0.25) is 0 Å². The third kappa shape index (κ3) is 2.46. The van der Waals surface area contributed by atoms with Crippen LogP contribution in [0.25, 0.3) is 0 Å². The van der Waals surface area contributed by atoms with E-state index < -0.39 is 0 Å². The van der Waals surface area contributed by atoms with Crippen LogP contribution in [0.5, 0.6) is 0 Å².